The molecule has 3 aromatic heterocycles. The molecule has 4 aliphatic rings. The fraction of sp³-hybridized carbons (Fsp3) is 0.477. The summed E-state index contributed by atoms with van der Waals surface area (Å²) in [5.74, 6) is 0.737. The molecule has 1 atom stereocenters. The van der Waals surface area contributed by atoms with Crippen molar-refractivity contribution in [1.29, 1.82) is 0 Å². The third-order valence-corrected chi connectivity index (χ3v) is 13.2. The van der Waals surface area contributed by atoms with E-state index >= 15 is 0 Å². The van der Waals surface area contributed by atoms with E-state index in [1.54, 1.807) is 28.7 Å². The Morgan fingerprint density at radius 1 is 0.847 bits per heavy atom. The second-order valence-electron chi connectivity index (χ2n) is 16.8. The Balaban J connectivity index is 0.737. The number of hydrogen-bond acceptors (Lipinski definition) is 8. The van der Waals surface area contributed by atoms with E-state index in [9.17, 15) is 24.0 Å². The average molecular weight is 801 g/mol. The molecule has 1 unspecified atom stereocenters. The molecule has 3 fully saturated rings. The van der Waals surface area contributed by atoms with E-state index in [1.165, 1.54) is 17.4 Å². The number of amides is 4. The van der Waals surface area contributed by atoms with Gasteiger partial charge in [-0.1, -0.05) is 36.3 Å². The number of nitrogens with zero attached hydrogens (tertiary/aromatic N) is 8. The number of carbonyl (C=O) groups is 4. The van der Waals surface area contributed by atoms with Crippen LogP contribution in [-0.4, -0.2) is 102 Å². The number of nitrogens with one attached hydrogen (secondary N) is 2. The first-order valence-electron chi connectivity index (χ1n) is 21.2. The molecule has 0 saturated carbocycles. The summed E-state index contributed by atoms with van der Waals surface area (Å²) < 4.78 is 4.81. The molecule has 0 radical (unpaired) electrons. The van der Waals surface area contributed by atoms with Crippen LogP contribution in [0.2, 0.25) is 0 Å². The van der Waals surface area contributed by atoms with E-state index < -0.39 is 11.9 Å². The van der Waals surface area contributed by atoms with Gasteiger partial charge in [-0.2, -0.15) is 0 Å². The molecule has 308 valence electrons. The van der Waals surface area contributed by atoms with Crippen LogP contribution in [0.3, 0.4) is 0 Å². The maximum Gasteiger partial charge on any atom is 0.329 e. The zero-order valence-corrected chi connectivity index (χ0v) is 33.6. The van der Waals surface area contributed by atoms with Gasteiger partial charge in [0.25, 0.3) is 5.91 Å². The summed E-state index contributed by atoms with van der Waals surface area (Å²) in [7, 11) is 1.74. The molecule has 0 spiro atoms. The van der Waals surface area contributed by atoms with Crippen molar-refractivity contribution in [2.24, 2.45) is 18.9 Å². The van der Waals surface area contributed by atoms with Gasteiger partial charge in [0.15, 0.2) is 0 Å². The van der Waals surface area contributed by atoms with Crippen LogP contribution < -0.4 is 15.9 Å². The molecular formula is C44H52N10O5. The van der Waals surface area contributed by atoms with Crippen LogP contribution in [0.5, 0.6) is 0 Å². The average Bonchev–Trinajstić information content (AvgIpc) is 4.01. The first kappa shape index (κ1) is 38.5. The van der Waals surface area contributed by atoms with Crippen molar-refractivity contribution in [2.45, 2.75) is 76.8 Å². The van der Waals surface area contributed by atoms with Gasteiger partial charge in [0.05, 0.1) is 23.8 Å². The molecule has 9 rings (SSSR count). The number of aromatic amines is 1. The number of anilines is 1. The summed E-state index contributed by atoms with van der Waals surface area (Å²) >= 11 is 0. The number of benzene rings is 2. The second kappa shape index (κ2) is 16.3. The number of hydrogen-bond donors (Lipinski definition) is 2. The zero-order chi connectivity index (χ0) is 40.6. The summed E-state index contributed by atoms with van der Waals surface area (Å²) in [5.41, 5.74) is 6.06. The minimum absolute atomic E-state index is 0.0559. The largest absolute Gasteiger partial charge is 0.371 e. The maximum absolute atomic E-state index is 13.7. The van der Waals surface area contributed by atoms with Gasteiger partial charge in [0.1, 0.15) is 11.7 Å². The molecule has 4 amide bonds. The molecular weight excluding hydrogens is 749 g/mol. The quantitative estimate of drug-likeness (QED) is 0.193. The van der Waals surface area contributed by atoms with E-state index in [2.05, 4.69) is 55.9 Å². The van der Waals surface area contributed by atoms with Crippen LogP contribution in [0, 0.1) is 11.8 Å². The molecule has 3 saturated heterocycles. The van der Waals surface area contributed by atoms with Crippen molar-refractivity contribution in [2.75, 3.05) is 44.2 Å². The number of piperidine rings is 3. The van der Waals surface area contributed by atoms with Gasteiger partial charge in [-0.3, -0.25) is 38.3 Å². The maximum atomic E-state index is 13.7. The highest BCUT2D eigenvalue weighted by Gasteiger charge is 2.32. The van der Waals surface area contributed by atoms with Gasteiger partial charge in [0, 0.05) is 81.9 Å². The zero-order valence-electron chi connectivity index (χ0n) is 33.6. The molecule has 0 bridgehead atoms. The standard InChI is InChI=1S/C44H52N10O5/c1-49-39-27-34(8-9-37(39)54(44(49)59)38-10-11-40(55)47-42(38)57)50-19-12-29(13-20-50)4-5-30-14-21-51(22-15-30)43(58)36-26-32-7-6-31(25-35(32)46-36)33-3-2-18-52(28-33)41(56)16-23-53-24-17-45-48-53/h3,6-9,17,24-27,29-30,38,46H,2,4-5,10-16,18-23,28H2,1H3,(H,47,55,57). The van der Waals surface area contributed by atoms with E-state index in [-0.39, 0.29) is 29.8 Å². The van der Waals surface area contributed by atoms with Crippen molar-refractivity contribution < 1.29 is 19.2 Å². The lowest BCUT2D eigenvalue weighted by molar-refractivity contribution is -0.136. The third kappa shape index (κ3) is 7.94. The van der Waals surface area contributed by atoms with E-state index in [0.717, 1.165) is 91.5 Å². The molecule has 4 aliphatic heterocycles. The molecule has 15 heteroatoms. The molecule has 5 aromatic rings. The van der Waals surface area contributed by atoms with Crippen LogP contribution in [0.15, 0.2) is 65.7 Å². The number of aromatic nitrogens is 6. The molecule has 2 N–H and O–H groups in total. The highest BCUT2D eigenvalue weighted by atomic mass is 16.2. The monoisotopic (exact) mass is 800 g/mol. The number of likely N-dealkylation sites (tertiary alicyclic amines) is 1. The van der Waals surface area contributed by atoms with Gasteiger partial charge < -0.3 is 19.7 Å². The van der Waals surface area contributed by atoms with E-state index in [1.807, 2.05) is 28.0 Å². The van der Waals surface area contributed by atoms with Crippen LogP contribution in [0.4, 0.5) is 5.69 Å². The Morgan fingerprint density at radius 3 is 2.37 bits per heavy atom. The van der Waals surface area contributed by atoms with E-state index in [0.29, 0.717) is 55.5 Å². The number of aryl methyl sites for hydroxylation is 2. The summed E-state index contributed by atoms with van der Waals surface area (Å²) in [5, 5.41) is 11.2. The predicted octanol–water partition coefficient (Wildman–Crippen LogP) is 4.65. The predicted molar refractivity (Wildman–Crippen MR) is 224 cm³/mol. The lowest BCUT2D eigenvalue weighted by Crippen LogP contribution is -2.44. The highest BCUT2D eigenvalue weighted by molar-refractivity contribution is 6.00. The summed E-state index contributed by atoms with van der Waals surface area (Å²) in [6.07, 6.45) is 14.0. The Bertz CT molecular complexity index is 2480. The Hall–Kier alpha value is -5.99. The van der Waals surface area contributed by atoms with Crippen LogP contribution in [0.25, 0.3) is 27.5 Å². The highest BCUT2D eigenvalue weighted by Crippen LogP contribution is 2.33. The smallest absolute Gasteiger partial charge is 0.329 e. The summed E-state index contributed by atoms with van der Waals surface area (Å²) in [6.45, 7) is 5.24. The summed E-state index contributed by atoms with van der Waals surface area (Å²) in [4.78, 5) is 73.9. The SMILES string of the molecule is Cn1c(=O)n(C2CCC(=O)NC2=O)c2ccc(N3CCC(CCC4CCN(C(=O)c5cc6ccc(C7=CCCN(C(=O)CCn8ccnn8)C7)cc6[nH]5)CC4)CC3)cc21. The molecule has 15 nitrogen and oxygen atoms in total. The number of fused-ring (bicyclic) bond motifs is 2. The lowest BCUT2D eigenvalue weighted by atomic mass is 9.85. The third-order valence-electron chi connectivity index (χ3n) is 13.2. The Kier molecular flexibility index (Phi) is 10.7. The number of carbonyl (C=O) groups excluding carboxylic acids is 4. The van der Waals surface area contributed by atoms with Gasteiger partial charge in [-0.05, 0) is 91.8 Å². The van der Waals surface area contributed by atoms with Gasteiger partial charge in [0.2, 0.25) is 17.7 Å². The van der Waals surface area contributed by atoms with Crippen molar-refractivity contribution >= 4 is 56.8 Å². The number of imide groups is 1. The number of H-pyrrole nitrogens is 1. The molecule has 0 aliphatic carbocycles. The Labute approximate surface area is 342 Å². The molecule has 59 heavy (non-hydrogen) atoms. The number of rotatable bonds is 10. The van der Waals surface area contributed by atoms with E-state index in [4.69, 9.17) is 0 Å². The van der Waals surface area contributed by atoms with Gasteiger partial charge in [-0.25, -0.2) is 4.79 Å². The summed E-state index contributed by atoms with van der Waals surface area (Å²) in [6, 6.07) is 13.6. The lowest BCUT2D eigenvalue weighted by Gasteiger charge is -2.35. The molecule has 7 heterocycles. The fourth-order valence-corrected chi connectivity index (χ4v) is 9.65. The van der Waals surface area contributed by atoms with Crippen LogP contribution in [-0.2, 0) is 28.0 Å². The van der Waals surface area contributed by atoms with Gasteiger partial charge >= 0.3 is 5.69 Å². The van der Waals surface area contributed by atoms with Crippen molar-refractivity contribution in [3.05, 3.63) is 82.7 Å². The first-order valence-corrected chi connectivity index (χ1v) is 21.2. The van der Waals surface area contributed by atoms with Gasteiger partial charge in [-0.15, -0.1) is 5.10 Å². The van der Waals surface area contributed by atoms with Crippen molar-refractivity contribution in [3.63, 3.8) is 0 Å². The first-order chi connectivity index (χ1) is 28.7. The fourth-order valence-electron chi connectivity index (χ4n) is 9.65. The minimum Gasteiger partial charge on any atom is -0.371 e. The normalized spacial score (nSPS) is 19.8. The molecule has 2 aromatic carbocycles. The second-order valence-corrected chi connectivity index (χ2v) is 16.8. The minimum atomic E-state index is -0.686. The van der Waals surface area contributed by atoms with Crippen molar-refractivity contribution in [3.8, 4) is 0 Å². The van der Waals surface area contributed by atoms with Crippen LogP contribution >= 0.6 is 0 Å². The van der Waals surface area contributed by atoms with Crippen molar-refractivity contribution in [1.82, 2.24) is 44.2 Å². The Morgan fingerprint density at radius 2 is 1.63 bits per heavy atom. The topological polar surface area (TPSA) is 163 Å². The number of imidazole rings is 1. The van der Waals surface area contributed by atoms with Crippen LogP contribution in [0.1, 0.15) is 86.3 Å².